The summed E-state index contributed by atoms with van der Waals surface area (Å²) in [6.45, 7) is 5.28. The first-order chi connectivity index (χ1) is 8.76. The van der Waals surface area contributed by atoms with Gasteiger partial charge in [-0.3, -0.25) is 9.48 Å². The largest absolute Gasteiger partial charge is 0.396 e. The summed E-state index contributed by atoms with van der Waals surface area (Å²) in [7, 11) is -3.06. The summed E-state index contributed by atoms with van der Waals surface area (Å²) < 4.78 is 24.0. The Morgan fingerprint density at radius 3 is 2.53 bits per heavy atom. The van der Waals surface area contributed by atoms with Crippen molar-refractivity contribution in [2.75, 3.05) is 23.8 Å². The maximum absolute atomic E-state index is 11.7. The maximum atomic E-state index is 11.7. The molecule has 0 aliphatic heterocycles. The molecule has 3 N–H and O–H groups in total. The van der Waals surface area contributed by atoms with Crippen molar-refractivity contribution >= 4 is 21.4 Å². The minimum atomic E-state index is -3.06. The number of nitrogens with one attached hydrogen (secondary N) is 1. The predicted octanol–water partition coefficient (Wildman–Crippen LogP) is -0.367. The standard InChI is InChI=1S/C11H20N4O3S/c1-4-19(17,18)6-5-13-10(16)7-15-9(3)11(12)8(2)14-15/h4-7,12H2,1-3H3,(H,13,16). The lowest BCUT2D eigenvalue weighted by molar-refractivity contribution is -0.121. The molecule has 0 fully saturated rings. The van der Waals surface area contributed by atoms with Gasteiger partial charge in [-0.15, -0.1) is 0 Å². The molecule has 0 radical (unpaired) electrons. The number of sulfone groups is 1. The second-order valence-electron chi connectivity index (χ2n) is 4.33. The lowest BCUT2D eigenvalue weighted by atomic mass is 10.3. The monoisotopic (exact) mass is 288 g/mol. The van der Waals surface area contributed by atoms with Gasteiger partial charge in [0.2, 0.25) is 5.91 Å². The molecule has 108 valence electrons. The lowest BCUT2D eigenvalue weighted by Crippen LogP contribution is -2.32. The first-order valence-electron chi connectivity index (χ1n) is 6.03. The Hall–Kier alpha value is -1.57. The molecule has 0 saturated heterocycles. The van der Waals surface area contributed by atoms with Gasteiger partial charge in [-0.1, -0.05) is 6.92 Å². The average Bonchev–Trinajstić information content (AvgIpc) is 2.57. The molecule has 1 rings (SSSR count). The number of carbonyl (C=O) groups is 1. The molecule has 1 aromatic heterocycles. The molecule has 1 amide bonds. The van der Waals surface area contributed by atoms with Gasteiger partial charge in [-0.2, -0.15) is 5.10 Å². The number of anilines is 1. The zero-order chi connectivity index (χ0) is 14.6. The van der Waals surface area contributed by atoms with E-state index in [0.717, 1.165) is 5.69 Å². The highest BCUT2D eigenvalue weighted by Gasteiger charge is 2.12. The zero-order valence-corrected chi connectivity index (χ0v) is 12.2. The number of hydrogen-bond donors (Lipinski definition) is 2. The van der Waals surface area contributed by atoms with Gasteiger partial charge in [0.05, 0.1) is 22.8 Å². The second-order valence-corrected chi connectivity index (χ2v) is 6.80. The normalized spacial score (nSPS) is 11.5. The quantitative estimate of drug-likeness (QED) is 0.743. The molecule has 0 atom stereocenters. The topological polar surface area (TPSA) is 107 Å². The fraction of sp³-hybridized carbons (Fsp3) is 0.636. The molecule has 19 heavy (non-hydrogen) atoms. The van der Waals surface area contributed by atoms with Crippen LogP contribution in [0.2, 0.25) is 0 Å². The van der Waals surface area contributed by atoms with E-state index in [0.29, 0.717) is 11.4 Å². The van der Waals surface area contributed by atoms with E-state index in [1.807, 2.05) is 0 Å². The van der Waals surface area contributed by atoms with E-state index in [4.69, 9.17) is 5.73 Å². The number of nitrogens with two attached hydrogens (primary N) is 1. The minimum Gasteiger partial charge on any atom is -0.396 e. The third-order valence-electron chi connectivity index (χ3n) is 2.91. The van der Waals surface area contributed by atoms with E-state index in [2.05, 4.69) is 10.4 Å². The van der Waals surface area contributed by atoms with Gasteiger partial charge in [0.15, 0.2) is 9.84 Å². The molecule has 0 spiro atoms. The Balaban J connectivity index is 2.50. The summed E-state index contributed by atoms with van der Waals surface area (Å²) in [5.41, 5.74) is 7.74. The molecule has 0 aliphatic carbocycles. The summed E-state index contributed by atoms with van der Waals surface area (Å²) in [4.78, 5) is 11.7. The minimum absolute atomic E-state index is 0.0377. The summed E-state index contributed by atoms with van der Waals surface area (Å²) in [6, 6.07) is 0. The van der Waals surface area contributed by atoms with Crippen LogP contribution in [0.3, 0.4) is 0 Å². The Labute approximate surface area is 113 Å². The van der Waals surface area contributed by atoms with E-state index >= 15 is 0 Å². The Kier molecular flexibility index (Phi) is 4.93. The van der Waals surface area contributed by atoms with Crippen LogP contribution in [0.5, 0.6) is 0 Å². The third kappa shape index (κ3) is 4.23. The number of nitrogens with zero attached hydrogens (tertiary/aromatic N) is 2. The molecular formula is C11H20N4O3S. The van der Waals surface area contributed by atoms with E-state index in [9.17, 15) is 13.2 Å². The molecule has 0 aliphatic rings. The smallest absolute Gasteiger partial charge is 0.241 e. The Morgan fingerprint density at radius 2 is 2.05 bits per heavy atom. The SMILES string of the molecule is CCS(=O)(=O)CCNC(=O)Cn1nc(C)c(N)c1C. The first-order valence-corrected chi connectivity index (χ1v) is 7.85. The van der Waals surface area contributed by atoms with E-state index in [-0.39, 0.29) is 30.5 Å². The summed E-state index contributed by atoms with van der Waals surface area (Å²) in [6.07, 6.45) is 0. The molecule has 7 nitrogen and oxygen atoms in total. The van der Waals surface area contributed by atoms with Gasteiger partial charge in [0.25, 0.3) is 0 Å². The van der Waals surface area contributed by atoms with Crippen molar-refractivity contribution in [2.45, 2.75) is 27.3 Å². The van der Waals surface area contributed by atoms with Gasteiger partial charge in [-0.05, 0) is 13.8 Å². The summed E-state index contributed by atoms with van der Waals surface area (Å²) >= 11 is 0. The fourth-order valence-corrected chi connectivity index (χ4v) is 2.25. The van der Waals surface area contributed by atoms with Crippen LogP contribution in [-0.4, -0.2) is 42.2 Å². The van der Waals surface area contributed by atoms with Crippen LogP contribution in [0.1, 0.15) is 18.3 Å². The molecular weight excluding hydrogens is 268 g/mol. The number of hydrogen-bond acceptors (Lipinski definition) is 5. The molecule has 8 heteroatoms. The van der Waals surface area contributed by atoms with Gasteiger partial charge in [-0.25, -0.2) is 8.42 Å². The number of aromatic nitrogens is 2. The van der Waals surface area contributed by atoms with E-state index in [1.54, 1.807) is 20.8 Å². The summed E-state index contributed by atoms with van der Waals surface area (Å²) in [5, 5.41) is 6.69. The number of aryl methyl sites for hydroxylation is 1. The van der Waals surface area contributed by atoms with E-state index in [1.165, 1.54) is 4.68 Å². The van der Waals surface area contributed by atoms with Crippen LogP contribution in [0.15, 0.2) is 0 Å². The molecule has 0 unspecified atom stereocenters. The fourth-order valence-electron chi connectivity index (χ4n) is 1.55. The second kappa shape index (κ2) is 6.05. The molecule has 1 heterocycles. The van der Waals surface area contributed by atoms with Gasteiger partial charge >= 0.3 is 0 Å². The lowest BCUT2D eigenvalue weighted by Gasteiger charge is -2.06. The number of nitrogen functional groups attached to an aromatic ring is 1. The van der Waals surface area contributed by atoms with Crippen LogP contribution in [0, 0.1) is 13.8 Å². The number of rotatable bonds is 6. The predicted molar refractivity (Wildman–Crippen MR) is 73.5 cm³/mol. The van der Waals surface area contributed by atoms with E-state index < -0.39 is 9.84 Å². The van der Waals surface area contributed by atoms with Crippen molar-refractivity contribution in [1.82, 2.24) is 15.1 Å². The average molecular weight is 288 g/mol. The van der Waals surface area contributed by atoms with Crippen LogP contribution in [0.4, 0.5) is 5.69 Å². The zero-order valence-electron chi connectivity index (χ0n) is 11.4. The van der Waals surface area contributed by atoms with Crippen molar-refractivity contribution in [1.29, 1.82) is 0 Å². The van der Waals surface area contributed by atoms with Gasteiger partial charge in [0.1, 0.15) is 6.54 Å². The highest BCUT2D eigenvalue weighted by molar-refractivity contribution is 7.91. The molecule has 0 aromatic carbocycles. The van der Waals surface area contributed by atoms with Crippen LogP contribution < -0.4 is 11.1 Å². The molecule has 1 aromatic rings. The van der Waals surface area contributed by atoms with Crippen LogP contribution in [0.25, 0.3) is 0 Å². The van der Waals surface area contributed by atoms with Crippen LogP contribution in [-0.2, 0) is 21.2 Å². The van der Waals surface area contributed by atoms with Gasteiger partial charge in [0, 0.05) is 12.3 Å². The Bertz CT molecular complexity index is 563. The number of amides is 1. The first kappa shape index (κ1) is 15.5. The highest BCUT2D eigenvalue weighted by Crippen LogP contribution is 2.14. The van der Waals surface area contributed by atoms with Crippen molar-refractivity contribution in [2.24, 2.45) is 0 Å². The van der Waals surface area contributed by atoms with Gasteiger partial charge < -0.3 is 11.1 Å². The molecule has 0 saturated carbocycles. The highest BCUT2D eigenvalue weighted by atomic mass is 32.2. The van der Waals surface area contributed by atoms with Crippen molar-refractivity contribution in [3.63, 3.8) is 0 Å². The van der Waals surface area contributed by atoms with Crippen LogP contribution >= 0.6 is 0 Å². The summed E-state index contributed by atoms with van der Waals surface area (Å²) in [5.74, 6) is -0.248. The third-order valence-corrected chi connectivity index (χ3v) is 4.61. The van der Waals surface area contributed by atoms with Crippen molar-refractivity contribution in [3.05, 3.63) is 11.4 Å². The molecule has 0 bridgehead atoms. The maximum Gasteiger partial charge on any atom is 0.241 e. The number of carbonyl (C=O) groups excluding carboxylic acids is 1. The van der Waals surface area contributed by atoms with Crippen molar-refractivity contribution in [3.8, 4) is 0 Å². The van der Waals surface area contributed by atoms with Crippen molar-refractivity contribution < 1.29 is 13.2 Å². The Morgan fingerprint density at radius 1 is 1.42 bits per heavy atom.